The van der Waals surface area contributed by atoms with Crippen molar-refractivity contribution in [3.63, 3.8) is 0 Å². The van der Waals surface area contributed by atoms with E-state index in [0.717, 1.165) is 19.3 Å². The van der Waals surface area contributed by atoms with Crippen LogP contribution in [0.2, 0.25) is 0 Å². The predicted molar refractivity (Wildman–Crippen MR) is 109 cm³/mol. The van der Waals surface area contributed by atoms with Crippen LogP contribution in [0.25, 0.3) is 0 Å². The van der Waals surface area contributed by atoms with Crippen molar-refractivity contribution in [2.24, 2.45) is 5.92 Å². The molecule has 1 aromatic carbocycles. The van der Waals surface area contributed by atoms with Gasteiger partial charge in [0.1, 0.15) is 13.2 Å². The van der Waals surface area contributed by atoms with E-state index in [9.17, 15) is 9.59 Å². The van der Waals surface area contributed by atoms with Crippen LogP contribution in [0.15, 0.2) is 18.2 Å². The highest BCUT2D eigenvalue weighted by Crippen LogP contribution is 2.40. The zero-order valence-electron chi connectivity index (χ0n) is 16.5. The zero-order valence-corrected chi connectivity index (χ0v) is 17.3. The van der Waals surface area contributed by atoms with Gasteiger partial charge >= 0.3 is 0 Å². The average Bonchev–Trinajstić information content (AvgIpc) is 3.19. The third-order valence-corrected chi connectivity index (χ3v) is 6.60. The fraction of sp³-hybridized carbons (Fsp3) is 0.429. The van der Waals surface area contributed by atoms with Crippen molar-refractivity contribution >= 4 is 23.2 Å². The molecule has 4 rings (SSSR count). The molecule has 8 heteroatoms. The Balaban J connectivity index is 1.42. The van der Waals surface area contributed by atoms with Gasteiger partial charge in [-0.05, 0) is 48.9 Å². The summed E-state index contributed by atoms with van der Waals surface area (Å²) in [6, 6.07) is 5.09. The summed E-state index contributed by atoms with van der Waals surface area (Å²) in [6.45, 7) is 3.03. The van der Waals surface area contributed by atoms with Crippen LogP contribution < -0.4 is 25.1 Å². The molecule has 0 unspecified atom stereocenters. The molecule has 154 valence electrons. The fourth-order valence-corrected chi connectivity index (χ4v) is 4.81. The summed E-state index contributed by atoms with van der Waals surface area (Å²) in [4.78, 5) is 27.0. The molecule has 7 nitrogen and oxygen atoms in total. The first-order valence-electron chi connectivity index (χ1n) is 9.79. The maximum Gasteiger partial charge on any atom is 0.279 e. The number of carbonyl (C=O) groups excluding carboxylic acids is 2. The molecule has 0 radical (unpaired) electrons. The molecule has 2 N–H and O–H groups in total. The van der Waals surface area contributed by atoms with E-state index in [0.29, 0.717) is 46.8 Å². The number of ether oxygens (including phenoxy) is 3. The number of fused-ring (bicyclic) bond motifs is 2. The molecule has 2 heterocycles. The Bertz CT molecular complexity index is 922. The Labute approximate surface area is 173 Å². The van der Waals surface area contributed by atoms with Gasteiger partial charge in [-0.3, -0.25) is 20.4 Å². The van der Waals surface area contributed by atoms with Crippen molar-refractivity contribution in [1.29, 1.82) is 0 Å². The molecule has 2 aromatic rings. The first-order chi connectivity index (χ1) is 14.1. The van der Waals surface area contributed by atoms with Gasteiger partial charge in [0.15, 0.2) is 11.5 Å². The van der Waals surface area contributed by atoms with Crippen LogP contribution >= 0.6 is 11.3 Å². The molecule has 1 aliphatic carbocycles. The van der Waals surface area contributed by atoms with Gasteiger partial charge in [0.25, 0.3) is 11.8 Å². The van der Waals surface area contributed by atoms with E-state index in [2.05, 4.69) is 17.8 Å². The van der Waals surface area contributed by atoms with Crippen molar-refractivity contribution in [3.8, 4) is 17.2 Å². The minimum atomic E-state index is -0.457. The number of aryl methyl sites for hydroxylation is 1. The molecule has 0 spiro atoms. The minimum absolute atomic E-state index is 0.308. The standard InChI is InChI=1S/C21H24N2O5S/c1-3-12-4-5-17-13(8-12)11-18(29-17)21(25)23-22-20(24)14-9-15(26-2)19-16(10-14)27-6-7-28-19/h9-12H,3-8H2,1-2H3,(H,22,24)(H,23,25)/t12-/m1/s1. The lowest BCUT2D eigenvalue weighted by Gasteiger charge is -2.21. The molecule has 2 amide bonds. The highest BCUT2D eigenvalue weighted by atomic mass is 32.1. The lowest BCUT2D eigenvalue weighted by atomic mass is 9.87. The third-order valence-electron chi connectivity index (χ3n) is 5.37. The van der Waals surface area contributed by atoms with Crippen LogP contribution in [-0.4, -0.2) is 32.1 Å². The van der Waals surface area contributed by atoms with Gasteiger partial charge in [0, 0.05) is 10.4 Å². The summed E-state index contributed by atoms with van der Waals surface area (Å²) < 4.78 is 16.4. The van der Waals surface area contributed by atoms with Crippen molar-refractivity contribution in [2.45, 2.75) is 32.6 Å². The molecule has 0 bridgehead atoms. The second-order valence-electron chi connectivity index (χ2n) is 7.19. The number of nitrogens with one attached hydrogen (secondary N) is 2. The first-order valence-corrected chi connectivity index (χ1v) is 10.6. The molecule has 29 heavy (non-hydrogen) atoms. The fourth-order valence-electron chi connectivity index (χ4n) is 3.71. The summed E-state index contributed by atoms with van der Waals surface area (Å²) in [5.74, 6) is 1.27. The number of hydrogen-bond donors (Lipinski definition) is 2. The number of carbonyl (C=O) groups is 2. The molecule has 2 aliphatic rings. The molecule has 1 aliphatic heterocycles. The number of methoxy groups -OCH3 is 1. The maximum absolute atomic E-state index is 12.5. The van der Waals surface area contributed by atoms with E-state index < -0.39 is 5.91 Å². The molecule has 1 atom stereocenters. The Kier molecular flexibility index (Phi) is 5.62. The van der Waals surface area contributed by atoms with Crippen molar-refractivity contribution in [2.75, 3.05) is 20.3 Å². The Morgan fingerprint density at radius 1 is 1.17 bits per heavy atom. The lowest BCUT2D eigenvalue weighted by Crippen LogP contribution is -2.41. The van der Waals surface area contributed by atoms with Gasteiger partial charge in [0.2, 0.25) is 5.75 Å². The summed E-state index contributed by atoms with van der Waals surface area (Å²) in [5, 5.41) is 0. The Morgan fingerprint density at radius 2 is 1.97 bits per heavy atom. The van der Waals surface area contributed by atoms with E-state index in [1.54, 1.807) is 12.1 Å². The number of amides is 2. The SMILES string of the molecule is CC[C@@H]1CCc2sc(C(=O)NNC(=O)c3cc(OC)c4c(c3)OCCO4)cc2C1. The van der Waals surface area contributed by atoms with Gasteiger partial charge in [-0.1, -0.05) is 13.3 Å². The maximum atomic E-state index is 12.5. The highest BCUT2D eigenvalue weighted by Gasteiger charge is 2.23. The molecule has 0 fully saturated rings. The third kappa shape index (κ3) is 4.03. The van der Waals surface area contributed by atoms with E-state index in [1.807, 2.05) is 6.07 Å². The average molecular weight is 416 g/mol. The van der Waals surface area contributed by atoms with Crippen LogP contribution in [0.3, 0.4) is 0 Å². The molecule has 1 aromatic heterocycles. The molecular formula is C21H24N2O5S. The molecule has 0 saturated heterocycles. The van der Waals surface area contributed by atoms with Gasteiger partial charge in [-0.25, -0.2) is 0 Å². The number of rotatable bonds is 4. The summed E-state index contributed by atoms with van der Waals surface area (Å²) >= 11 is 1.51. The first kappa shape index (κ1) is 19.6. The van der Waals surface area contributed by atoms with E-state index in [-0.39, 0.29) is 5.91 Å². The number of hydrazine groups is 1. The van der Waals surface area contributed by atoms with Crippen LogP contribution in [0.4, 0.5) is 0 Å². The van der Waals surface area contributed by atoms with Crippen molar-refractivity contribution in [1.82, 2.24) is 10.9 Å². The van der Waals surface area contributed by atoms with Crippen LogP contribution in [0.1, 0.15) is 50.2 Å². The number of thiophene rings is 1. The number of benzene rings is 1. The Morgan fingerprint density at radius 3 is 2.76 bits per heavy atom. The minimum Gasteiger partial charge on any atom is -0.493 e. The van der Waals surface area contributed by atoms with Gasteiger partial charge < -0.3 is 14.2 Å². The lowest BCUT2D eigenvalue weighted by molar-refractivity contribution is 0.0848. The zero-order chi connectivity index (χ0) is 20.4. The normalized spacial score (nSPS) is 17.2. The smallest absolute Gasteiger partial charge is 0.279 e. The highest BCUT2D eigenvalue weighted by molar-refractivity contribution is 7.14. The second-order valence-corrected chi connectivity index (χ2v) is 8.32. The van der Waals surface area contributed by atoms with E-state index >= 15 is 0 Å². The second kappa shape index (κ2) is 8.32. The monoisotopic (exact) mass is 416 g/mol. The van der Waals surface area contributed by atoms with E-state index in [1.165, 1.54) is 35.3 Å². The predicted octanol–water partition coefficient (Wildman–Crippen LogP) is 3.12. The van der Waals surface area contributed by atoms with Crippen LogP contribution in [0, 0.1) is 5.92 Å². The molecular weight excluding hydrogens is 392 g/mol. The summed E-state index contributed by atoms with van der Waals surface area (Å²) in [7, 11) is 1.50. The number of hydrogen-bond acceptors (Lipinski definition) is 6. The summed E-state index contributed by atoms with van der Waals surface area (Å²) in [6.07, 6.45) is 4.38. The van der Waals surface area contributed by atoms with E-state index in [4.69, 9.17) is 14.2 Å². The van der Waals surface area contributed by atoms with Crippen molar-refractivity contribution < 1.29 is 23.8 Å². The van der Waals surface area contributed by atoms with Gasteiger partial charge in [-0.15, -0.1) is 11.3 Å². The van der Waals surface area contributed by atoms with Gasteiger partial charge in [0.05, 0.1) is 12.0 Å². The Hall–Kier alpha value is -2.74. The quantitative estimate of drug-likeness (QED) is 0.748. The van der Waals surface area contributed by atoms with Crippen molar-refractivity contribution in [3.05, 3.63) is 39.1 Å². The van der Waals surface area contributed by atoms with Gasteiger partial charge in [-0.2, -0.15) is 0 Å². The largest absolute Gasteiger partial charge is 0.493 e. The summed E-state index contributed by atoms with van der Waals surface area (Å²) in [5.41, 5.74) is 6.55. The van der Waals surface area contributed by atoms with Crippen LogP contribution in [0.5, 0.6) is 17.2 Å². The van der Waals surface area contributed by atoms with Crippen LogP contribution in [-0.2, 0) is 12.8 Å². The molecule has 0 saturated carbocycles. The topological polar surface area (TPSA) is 85.9 Å².